The maximum absolute atomic E-state index is 5.42. The van der Waals surface area contributed by atoms with Crippen molar-refractivity contribution in [2.75, 3.05) is 32.8 Å². The highest BCUT2D eigenvalue weighted by atomic mass is 16.5. The highest BCUT2D eigenvalue weighted by Gasteiger charge is 2.20. The van der Waals surface area contributed by atoms with Gasteiger partial charge in [-0.2, -0.15) is 0 Å². The van der Waals surface area contributed by atoms with E-state index in [4.69, 9.17) is 9.72 Å². The highest BCUT2D eigenvalue weighted by molar-refractivity contribution is 5.16. The Morgan fingerprint density at radius 1 is 1.04 bits per heavy atom. The standard InChI is InChI=1S/C21H36N2O/c1-20(2,3)15-18-7-8-19(22-17-18)16-21(4,5)9-6-10-23-11-13-24-14-12-23/h7-8,17H,6,9-16H2,1-5H3. The fraction of sp³-hybridized carbons (Fsp3) is 0.762. The molecule has 1 fully saturated rings. The Morgan fingerprint density at radius 2 is 1.75 bits per heavy atom. The van der Waals surface area contributed by atoms with Gasteiger partial charge in [-0.1, -0.05) is 40.7 Å². The van der Waals surface area contributed by atoms with Gasteiger partial charge in [0.1, 0.15) is 0 Å². The molecule has 1 aliphatic rings. The van der Waals surface area contributed by atoms with Crippen LogP contribution in [-0.2, 0) is 17.6 Å². The molecule has 0 spiro atoms. The molecular formula is C21H36N2O. The summed E-state index contributed by atoms with van der Waals surface area (Å²) in [7, 11) is 0. The van der Waals surface area contributed by atoms with Crippen molar-refractivity contribution in [1.82, 2.24) is 9.88 Å². The Bertz CT molecular complexity index is 482. The third-order valence-electron chi connectivity index (χ3n) is 4.71. The van der Waals surface area contributed by atoms with Gasteiger partial charge in [0.25, 0.3) is 0 Å². The largest absolute Gasteiger partial charge is 0.379 e. The van der Waals surface area contributed by atoms with Crippen LogP contribution in [0.3, 0.4) is 0 Å². The van der Waals surface area contributed by atoms with E-state index in [1.165, 1.54) is 30.6 Å². The average molecular weight is 333 g/mol. The van der Waals surface area contributed by atoms with Gasteiger partial charge in [0.05, 0.1) is 13.2 Å². The van der Waals surface area contributed by atoms with E-state index < -0.39 is 0 Å². The summed E-state index contributed by atoms with van der Waals surface area (Å²) in [6, 6.07) is 4.49. The predicted octanol–water partition coefficient (Wildman–Crippen LogP) is 4.35. The smallest absolute Gasteiger partial charge is 0.0594 e. The number of rotatable bonds is 7. The van der Waals surface area contributed by atoms with Crippen molar-refractivity contribution in [3.8, 4) is 0 Å². The van der Waals surface area contributed by atoms with Crippen LogP contribution in [0.5, 0.6) is 0 Å². The van der Waals surface area contributed by atoms with Gasteiger partial charge >= 0.3 is 0 Å². The molecule has 3 nitrogen and oxygen atoms in total. The highest BCUT2D eigenvalue weighted by Crippen LogP contribution is 2.27. The predicted molar refractivity (Wildman–Crippen MR) is 101 cm³/mol. The van der Waals surface area contributed by atoms with E-state index in [1.807, 2.05) is 0 Å². The number of hydrogen-bond acceptors (Lipinski definition) is 3. The average Bonchev–Trinajstić information content (AvgIpc) is 2.48. The van der Waals surface area contributed by atoms with E-state index in [0.29, 0.717) is 10.8 Å². The zero-order valence-corrected chi connectivity index (χ0v) is 16.4. The monoisotopic (exact) mass is 332 g/mol. The maximum Gasteiger partial charge on any atom is 0.0594 e. The second kappa shape index (κ2) is 8.44. The third-order valence-corrected chi connectivity index (χ3v) is 4.71. The SMILES string of the molecule is CC(C)(C)Cc1ccc(CC(C)(C)CCCN2CCOCC2)nc1. The van der Waals surface area contributed by atoms with Gasteiger partial charge in [0, 0.05) is 25.0 Å². The number of hydrogen-bond donors (Lipinski definition) is 0. The van der Waals surface area contributed by atoms with Crippen LogP contribution in [-0.4, -0.2) is 42.7 Å². The lowest BCUT2D eigenvalue weighted by Gasteiger charge is -2.29. The molecule has 0 bridgehead atoms. The molecule has 0 aliphatic carbocycles. The van der Waals surface area contributed by atoms with Crippen LogP contribution >= 0.6 is 0 Å². The molecule has 0 unspecified atom stereocenters. The zero-order chi connectivity index (χ0) is 17.6. The summed E-state index contributed by atoms with van der Waals surface area (Å²) in [6.07, 6.45) is 6.73. The Kier molecular flexibility index (Phi) is 6.82. The molecule has 136 valence electrons. The van der Waals surface area contributed by atoms with Gasteiger partial charge in [-0.25, -0.2) is 0 Å². The van der Waals surface area contributed by atoms with Gasteiger partial charge in [0.15, 0.2) is 0 Å². The van der Waals surface area contributed by atoms with Gasteiger partial charge in [0.2, 0.25) is 0 Å². The number of pyridine rings is 1. The Balaban J connectivity index is 1.77. The summed E-state index contributed by atoms with van der Waals surface area (Å²) >= 11 is 0. The third kappa shape index (κ3) is 7.31. The minimum atomic E-state index is 0.310. The molecule has 1 aromatic heterocycles. The van der Waals surface area contributed by atoms with Crippen molar-refractivity contribution >= 4 is 0 Å². The van der Waals surface area contributed by atoms with Crippen LogP contribution in [0.2, 0.25) is 0 Å². The van der Waals surface area contributed by atoms with Crippen LogP contribution in [0.4, 0.5) is 0 Å². The fourth-order valence-electron chi connectivity index (χ4n) is 3.46. The summed E-state index contributed by atoms with van der Waals surface area (Å²) in [5, 5.41) is 0. The van der Waals surface area contributed by atoms with Crippen LogP contribution in [0.25, 0.3) is 0 Å². The first kappa shape index (κ1) is 19.4. The molecular weight excluding hydrogens is 296 g/mol. The van der Waals surface area contributed by atoms with Crippen molar-refractivity contribution in [2.45, 2.75) is 60.3 Å². The number of aromatic nitrogens is 1. The molecule has 24 heavy (non-hydrogen) atoms. The topological polar surface area (TPSA) is 25.4 Å². The number of nitrogens with zero attached hydrogens (tertiary/aromatic N) is 2. The van der Waals surface area contributed by atoms with Crippen molar-refractivity contribution < 1.29 is 4.74 Å². The van der Waals surface area contributed by atoms with Crippen LogP contribution < -0.4 is 0 Å². The van der Waals surface area contributed by atoms with Crippen molar-refractivity contribution in [3.05, 3.63) is 29.6 Å². The minimum absolute atomic E-state index is 0.310. The van der Waals surface area contributed by atoms with Gasteiger partial charge in [-0.05, 0) is 54.7 Å². The molecule has 1 saturated heterocycles. The van der Waals surface area contributed by atoms with E-state index in [9.17, 15) is 0 Å². The molecule has 2 rings (SSSR count). The molecule has 0 N–H and O–H groups in total. The first-order chi connectivity index (χ1) is 11.2. The normalized spacial score (nSPS) is 17.2. The molecule has 0 saturated carbocycles. The van der Waals surface area contributed by atoms with Gasteiger partial charge in [-0.3, -0.25) is 9.88 Å². The molecule has 1 aliphatic heterocycles. The van der Waals surface area contributed by atoms with Gasteiger partial charge in [-0.15, -0.1) is 0 Å². The first-order valence-electron chi connectivity index (χ1n) is 9.47. The van der Waals surface area contributed by atoms with E-state index >= 15 is 0 Å². The van der Waals surface area contributed by atoms with Crippen LogP contribution in [0.15, 0.2) is 18.3 Å². The van der Waals surface area contributed by atoms with Crippen molar-refractivity contribution in [2.24, 2.45) is 10.8 Å². The quantitative estimate of drug-likeness (QED) is 0.742. The summed E-state index contributed by atoms with van der Waals surface area (Å²) in [4.78, 5) is 7.25. The summed E-state index contributed by atoms with van der Waals surface area (Å²) in [5.41, 5.74) is 3.20. The van der Waals surface area contributed by atoms with Crippen LogP contribution in [0, 0.1) is 10.8 Å². The van der Waals surface area contributed by atoms with Crippen molar-refractivity contribution in [3.63, 3.8) is 0 Å². The Morgan fingerprint density at radius 3 is 2.33 bits per heavy atom. The van der Waals surface area contributed by atoms with E-state index in [2.05, 4.69) is 57.8 Å². The van der Waals surface area contributed by atoms with E-state index in [0.717, 1.165) is 39.1 Å². The molecule has 0 amide bonds. The number of morpholine rings is 1. The molecule has 0 radical (unpaired) electrons. The molecule has 0 aromatic carbocycles. The Labute approximate surface area is 148 Å². The van der Waals surface area contributed by atoms with Gasteiger partial charge < -0.3 is 4.74 Å². The summed E-state index contributed by atoms with van der Waals surface area (Å²) in [5.74, 6) is 0. The van der Waals surface area contributed by atoms with Crippen LogP contribution in [0.1, 0.15) is 58.7 Å². The maximum atomic E-state index is 5.42. The van der Waals surface area contributed by atoms with Crippen molar-refractivity contribution in [1.29, 1.82) is 0 Å². The van der Waals surface area contributed by atoms with E-state index in [1.54, 1.807) is 0 Å². The first-order valence-corrected chi connectivity index (χ1v) is 9.47. The second-order valence-corrected chi connectivity index (χ2v) is 9.29. The second-order valence-electron chi connectivity index (χ2n) is 9.29. The lowest BCUT2D eigenvalue weighted by atomic mass is 9.82. The summed E-state index contributed by atoms with van der Waals surface area (Å²) in [6.45, 7) is 16.8. The van der Waals surface area contributed by atoms with E-state index in [-0.39, 0.29) is 0 Å². The lowest BCUT2D eigenvalue weighted by molar-refractivity contribution is 0.0359. The minimum Gasteiger partial charge on any atom is -0.379 e. The fourth-order valence-corrected chi connectivity index (χ4v) is 3.46. The Hall–Kier alpha value is -0.930. The zero-order valence-electron chi connectivity index (χ0n) is 16.4. The molecule has 2 heterocycles. The lowest BCUT2D eigenvalue weighted by Crippen LogP contribution is -2.37. The number of ether oxygens (including phenoxy) is 1. The molecule has 1 aromatic rings. The molecule has 0 atom stereocenters. The molecule has 3 heteroatoms. The summed E-state index contributed by atoms with van der Waals surface area (Å²) < 4.78 is 5.42.